The monoisotopic (exact) mass is 452 g/mol. The first-order valence-electron chi connectivity index (χ1n) is 12.2. The summed E-state index contributed by atoms with van der Waals surface area (Å²) < 4.78 is 0. The number of hydrogen-bond donors (Lipinski definition) is 4. The highest BCUT2D eigenvalue weighted by molar-refractivity contribution is 5.92. The van der Waals surface area contributed by atoms with Crippen LogP contribution in [0, 0.1) is 5.92 Å². The summed E-state index contributed by atoms with van der Waals surface area (Å²) in [6.45, 7) is 4.09. The molecule has 4 N–H and O–H groups in total. The van der Waals surface area contributed by atoms with E-state index in [0.29, 0.717) is 18.9 Å². The fourth-order valence-corrected chi connectivity index (χ4v) is 4.59. The summed E-state index contributed by atoms with van der Waals surface area (Å²) in [5.74, 6) is -1.57. The standard InChI is InChI=1S/C23H40N4O5/c1-2-27(21(29)10-6-7-17-11-13-24-14-12-17)16-20(28)26-19(15-22(30)31)23(32)25-18-8-4-3-5-9-18/h17-19,24H,2-16H2,1H3,(H,25,32)(H,26,28)(H,30,31)/t19-/m0/s1. The number of nitrogens with one attached hydrogen (secondary N) is 3. The molecule has 1 heterocycles. The molecule has 2 rings (SSSR count). The molecule has 3 amide bonds. The molecule has 1 aliphatic heterocycles. The van der Waals surface area contributed by atoms with Crippen LogP contribution in [-0.2, 0) is 19.2 Å². The van der Waals surface area contributed by atoms with Crippen LogP contribution in [-0.4, -0.2) is 72.0 Å². The number of carbonyl (C=O) groups excluding carboxylic acids is 3. The second kappa shape index (κ2) is 14.1. The predicted octanol–water partition coefficient (Wildman–Crippen LogP) is 1.41. The number of amides is 3. The highest BCUT2D eigenvalue weighted by Gasteiger charge is 2.27. The van der Waals surface area contributed by atoms with E-state index in [2.05, 4.69) is 16.0 Å². The SMILES string of the molecule is CCN(CC(=O)N[C@@H](CC(=O)O)C(=O)NC1CCCCC1)C(=O)CCCC1CCNCC1. The number of rotatable bonds is 12. The second-order valence-corrected chi connectivity index (χ2v) is 9.06. The van der Waals surface area contributed by atoms with Crippen molar-refractivity contribution < 1.29 is 24.3 Å². The molecule has 2 fully saturated rings. The Labute approximate surface area is 191 Å². The Hall–Kier alpha value is -2.16. The summed E-state index contributed by atoms with van der Waals surface area (Å²) in [6.07, 6.45) is 8.95. The first-order valence-corrected chi connectivity index (χ1v) is 12.2. The third kappa shape index (κ3) is 9.54. The van der Waals surface area contributed by atoms with Crippen molar-refractivity contribution in [1.82, 2.24) is 20.9 Å². The zero-order valence-corrected chi connectivity index (χ0v) is 19.4. The number of carbonyl (C=O) groups is 4. The maximum Gasteiger partial charge on any atom is 0.305 e. The summed E-state index contributed by atoms with van der Waals surface area (Å²) in [4.78, 5) is 50.4. The second-order valence-electron chi connectivity index (χ2n) is 9.06. The summed E-state index contributed by atoms with van der Waals surface area (Å²) >= 11 is 0. The van der Waals surface area contributed by atoms with Crippen molar-refractivity contribution in [3.63, 3.8) is 0 Å². The average Bonchev–Trinajstić information content (AvgIpc) is 2.78. The van der Waals surface area contributed by atoms with Gasteiger partial charge in [0, 0.05) is 19.0 Å². The smallest absolute Gasteiger partial charge is 0.305 e. The van der Waals surface area contributed by atoms with Gasteiger partial charge in [0.15, 0.2) is 0 Å². The van der Waals surface area contributed by atoms with Crippen LogP contribution < -0.4 is 16.0 Å². The third-order valence-electron chi connectivity index (χ3n) is 6.51. The highest BCUT2D eigenvalue weighted by Crippen LogP contribution is 2.19. The van der Waals surface area contributed by atoms with E-state index in [1.54, 1.807) is 0 Å². The topological polar surface area (TPSA) is 128 Å². The van der Waals surface area contributed by atoms with Gasteiger partial charge in [-0.2, -0.15) is 0 Å². The minimum atomic E-state index is -1.16. The predicted molar refractivity (Wildman–Crippen MR) is 121 cm³/mol. The lowest BCUT2D eigenvalue weighted by Gasteiger charge is -2.26. The van der Waals surface area contributed by atoms with E-state index in [0.717, 1.165) is 70.9 Å². The quantitative estimate of drug-likeness (QED) is 0.355. The van der Waals surface area contributed by atoms with Gasteiger partial charge in [-0.1, -0.05) is 19.3 Å². The van der Waals surface area contributed by atoms with E-state index >= 15 is 0 Å². The third-order valence-corrected chi connectivity index (χ3v) is 6.51. The zero-order chi connectivity index (χ0) is 23.3. The number of nitrogens with zero attached hydrogens (tertiary/aromatic N) is 1. The van der Waals surface area contributed by atoms with Gasteiger partial charge in [0.2, 0.25) is 17.7 Å². The van der Waals surface area contributed by atoms with Crippen molar-refractivity contribution in [1.29, 1.82) is 0 Å². The van der Waals surface area contributed by atoms with Crippen molar-refractivity contribution in [2.45, 2.75) is 89.6 Å². The molecule has 182 valence electrons. The first-order chi connectivity index (χ1) is 15.4. The van der Waals surface area contributed by atoms with Crippen LogP contribution in [0.25, 0.3) is 0 Å². The Morgan fingerprint density at radius 1 is 1.06 bits per heavy atom. The lowest BCUT2D eigenvalue weighted by molar-refractivity contribution is -0.141. The van der Waals surface area contributed by atoms with Crippen molar-refractivity contribution >= 4 is 23.7 Å². The fraction of sp³-hybridized carbons (Fsp3) is 0.826. The van der Waals surface area contributed by atoms with Gasteiger partial charge in [-0.25, -0.2) is 0 Å². The molecule has 1 aliphatic carbocycles. The van der Waals surface area contributed by atoms with Crippen LogP contribution in [0.2, 0.25) is 0 Å². The molecule has 0 spiro atoms. The van der Waals surface area contributed by atoms with Gasteiger partial charge in [0.25, 0.3) is 0 Å². The van der Waals surface area contributed by atoms with Gasteiger partial charge in [-0.05, 0) is 64.5 Å². The molecule has 9 heteroatoms. The van der Waals surface area contributed by atoms with Gasteiger partial charge in [0.1, 0.15) is 6.04 Å². The molecule has 9 nitrogen and oxygen atoms in total. The van der Waals surface area contributed by atoms with E-state index in [-0.39, 0.29) is 18.5 Å². The zero-order valence-electron chi connectivity index (χ0n) is 19.4. The molecule has 1 atom stereocenters. The fourth-order valence-electron chi connectivity index (χ4n) is 4.59. The van der Waals surface area contributed by atoms with Crippen LogP contribution in [0.15, 0.2) is 0 Å². The van der Waals surface area contributed by atoms with E-state index in [1.165, 1.54) is 4.90 Å². The number of likely N-dealkylation sites (N-methyl/N-ethyl adjacent to an activating group) is 1. The van der Waals surface area contributed by atoms with Crippen molar-refractivity contribution in [2.75, 3.05) is 26.2 Å². The molecular formula is C23H40N4O5. The van der Waals surface area contributed by atoms with Crippen molar-refractivity contribution in [3.05, 3.63) is 0 Å². The maximum absolute atomic E-state index is 12.6. The van der Waals surface area contributed by atoms with Crippen LogP contribution in [0.5, 0.6) is 0 Å². The molecule has 32 heavy (non-hydrogen) atoms. The Morgan fingerprint density at radius 3 is 2.38 bits per heavy atom. The van der Waals surface area contributed by atoms with E-state index in [9.17, 15) is 24.3 Å². The lowest BCUT2D eigenvalue weighted by Crippen LogP contribution is -2.53. The summed E-state index contributed by atoms with van der Waals surface area (Å²) in [7, 11) is 0. The Balaban J connectivity index is 1.80. The van der Waals surface area contributed by atoms with Crippen LogP contribution in [0.1, 0.15) is 77.6 Å². The van der Waals surface area contributed by atoms with Crippen LogP contribution in [0.3, 0.4) is 0 Å². The molecular weight excluding hydrogens is 412 g/mol. The molecule has 2 aliphatic rings. The Kier molecular flexibility index (Phi) is 11.5. The van der Waals surface area contributed by atoms with Crippen LogP contribution >= 0.6 is 0 Å². The normalized spacial score (nSPS) is 18.5. The average molecular weight is 453 g/mol. The molecule has 1 saturated heterocycles. The molecule has 0 unspecified atom stereocenters. The largest absolute Gasteiger partial charge is 0.481 e. The summed E-state index contributed by atoms with van der Waals surface area (Å²) in [5, 5.41) is 17.9. The highest BCUT2D eigenvalue weighted by atomic mass is 16.4. The Morgan fingerprint density at radius 2 is 1.75 bits per heavy atom. The first kappa shape index (κ1) is 26.1. The molecule has 0 aromatic carbocycles. The Bertz CT molecular complexity index is 630. The molecule has 0 bridgehead atoms. The van der Waals surface area contributed by atoms with E-state index in [4.69, 9.17) is 0 Å². The van der Waals surface area contributed by atoms with Gasteiger partial charge < -0.3 is 26.0 Å². The number of aliphatic carboxylic acids is 1. The molecule has 0 radical (unpaired) electrons. The summed E-state index contributed by atoms with van der Waals surface area (Å²) in [6, 6.07) is -1.12. The number of carboxylic acids is 1. The number of hydrogen-bond acceptors (Lipinski definition) is 5. The van der Waals surface area contributed by atoms with E-state index < -0.39 is 30.2 Å². The molecule has 0 aromatic heterocycles. The molecule has 0 aromatic rings. The molecule has 1 saturated carbocycles. The van der Waals surface area contributed by atoms with Crippen molar-refractivity contribution in [2.24, 2.45) is 5.92 Å². The number of piperidine rings is 1. The minimum Gasteiger partial charge on any atom is -0.481 e. The van der Waals surface area contributed by atoms with Gasteiger partial charge in [-0.15, -0.1) is 0 Å². The van der Waals surface area contributed by atoms with Gasteiger partial charge in [0.05, 0.1) is 13.0 Å². The maximum atomic E-state index is 12.6. The lowest BCUT2D eigenvalue weighted by atomic mass is 9.92. The van der Waals surface area contributed by atoms with Crippen LogP contribution in [0.4, 0.5) is 0 Å². The minimum absolute atomic E-state index is 0.0260. The summed E-state index contributed by atoms with van der Waals surface area (Å²) in [5.41, 5.74) is 0. The number of carboxylic acid groups (broad SMARTS) is 1. The van der Waals surface area contributed by atoms with Gasteiger partial charge in [-0.3, -0.25) is 19.2 Å². The van der Waals surface area contributed by atoms with Crippen molar-refractivity contribution in [3.8, 4) is 0 Å². The van der Waals surface area contributed by atoms with Gasteiger partial charge >= 0.3 is 5.97 Å². The van der Waals surface area contributed by atoms with E-state index in [1.807, 2.05) is 6.92 Å².